The number of aliphatic hydroxyl groups is 1. The fourth-order valence-corrected chi connectivity index (χ4v) is 4.44. The second kappa shape index (κ2) is 8.56. The molecule has 2 N–H and O–H groups in total. The zero-order chi connectivity index (χ0) is 18.5. The lowest BCUT2D eigenvalue weighted by Crippen LogP contribution is -2.28. The van der Waals surface area contributed by atoms with Gasteiger partial charge in [0.25, 0.3) is 5.91 Å². The summed E-state index contributed by atoms with van der Waals surface area (Å²) >= 11 is 1.58. The quantitative estimate of drug-likeness (QED) is 0.759. The number of carbonyl (C=O) groups is 1. The maximum atomic E-state index is 12.5. The third kappa shape index (κ3) is 4.19. The lowest BCUT2D eigenvalue weighted by atomic mass is 10.1. The van der Waals surface area contributed by atoms with E-state index in [0.717, 1.165) is 17.7 Å². The van der Waals surface area contributed by atoms with Crippen molar-refractivity contribution in [2.24, 2.45) is 0 Å². The van der Waals surface area contributed by atoms with Gasteiger partial charge in [-0.1, -0.05) is 6.42 Å². The molecular formula is C20H25NO4S. The van der Waals surface area contributed by atoms with E-state index in [1.54, 1.807) is 43.8 Å². The van der Waals surface area contributed by atoms with Crippen molar-refractivity contribution in [1.29, 1.82) is 0 Å². The first kappa shape index (κ1) is 18.7. The Morgan fingerprint density at radius 2 is 2.00 bits per heavy atom. The highest BCUT2D eigenvalue weighted by molar-refractivity contribution is 7.14. The van der Waals surface area contributed by atoms with Gasteiger partial charge in [0.1, 0.15) is 17.6 Å². The van der Waals surface area contributed by atoms with Gasteiger partial charge in [-0.05, 0) is 55.5 Å². The van der Waals surface area contributed by atoms with Crippen LogP contribution in [-0.2, 0) is 12.8 Å². The Bertz CT molecular complexity index is 748. The molecule has 140 valence electrons. The summed E-state index contributed by atoms with van der Waals surface area (Å²) in [4.78, 5) is 14.6. The summed E-state index contributed by atoms with van der Waals surface area (Å²) in [6, 6.07) is 7.25. The van der Waals surface area contributed by atoms with Crippen molar-refractivity contribution in [2.75, 3.05) is 20.8 Å². The molecule has 1 aromatic heterocycles. The molecule has 26 heavy (non-hydrogen) atoms. The van der Waals surface area contributed by atoms with E-state index in [0.29, 0.717) is 17.1 Å². The molecule has 1 aromatic carbocycles. The average molecular weight is 375 g/mol. The van der Waals surface area contributed by atoms with Crippen molar-refractivity contribution in [3.05, 3.63) is 45.1 Å². The van der Waals surface area contributed by atoms with E-state index in [9.17, 15) is 9.90 Å². The molecule has 2 aromatic rings. The summed E-state index contributed by atoms with van der Waals surface area (Å²) in [5.74, 6) is 1.06. The molecule has 1 aliphatic rings. The van der Waals surface area contributed by atoms with E-state index < -0.39 is 6.10 Å². The van der Waals surface area contributed by atoms with E-state index >= 15 is 0 Å². The summed E-state index contributed by atoms with van der Waals surface area (Å²) in [5, 5.41) is 13.3. The van der Waals surface area contributed by atoms with Gasteiger partial charge in [-0.25, -0.2) is 0 Å². The molecule has 0 spiro atoms. The summed E-state index contributed by atoms with van der Waals surface area (Å²) in [7, 11) is 3.12. The van der Waals surface area contributed by atoms with Crippen molar-refractivity contribution in [1.82, 2.24) is 5.32 Å². The minimum Gasteiger partial charge on any atom is -0.497 e. The van der Waals surface area contributed by atoms with Crippen LogP contribution in [0.4, 0.5) is 0 Å². The average Bonchev–Trinajstić information content (AvgIpc) is 2.95. The van der Waals surface area contributed by atoms with E-state index in [1.165, 1.54) is 29.7 Å². The number of aryl methyl sites for hydroxylation is 2. The Morgan fingerprint density at radius 1 is 1.19 bits per heavy atom. The zero-order valence-electron chi connectivity index (χ0n) is 15.2. The van der Waals surface area contributed by atoms with Gasteiger partial charge in [0.05, 0.1) is 19.1 Å². The second-order valence-electron chi connectivity index (χ2n) is 6.45. The summed E-state index contributed by atoms with van der Waals surface area (Å²) in [5.41, 5.74) is 1.90. The van der Waals surface area contributed by atoms with Gasteiger partial charge in [-0.2, -0.15) is 0 Å². The number of aliphatic hydroxyl groups excluding tert-OH is 1. The summed E-state index contributed by atoms with van der Waals surface area (Å²) < 4.78 is 10.5. The Hall–Kier alpha value is -2.05. The molecule has 0 saturated carbocycles. The number of benzene rings is 1. The van der Waals surface area contributed by atoms with Gasteiger partial charge in [-0.3, -0.25) is 4.79 Å². The van der Waals surface area contributed by atoms with Crippen LogP contribution in [0.25, 0.3) is 0 Å². The summed E-state index contributed by atoms with van der Waals surface area (Å²) in [6.45, 7) is 0.116. The van der Waals surface area contributed by atoms with E-state index in [1.807, 2.05) is 6.07 Å². The number of fused-ring (bicyclic) bond motifs is 1. The largest absolute Gasteiger partial charge is 0.497 e. The van der Waals surface area contributed by atoms with Crippen molar-refractivity contribution < 1.29 is 19.4 Å². The number of methoxy groups -OCH3 is 2. The molecule has 6 heteroatoms. The SMILES string of the molecule is COc1ccc(OC)c(C(O)CNC(=O)c2cc3c(s2)CCCCC3)c1. The lowest BCUT2D eigenvalue weighted by molar-refractivity contribution is 0.0918. The molecule has 0 aliphatic heterocycles. The number of carbonyl (C=O) groups excluding carboxylic acids is 1. The predicted molar refractivity (Wildman–Crippen MR) is 102 cm³/mol. The Kier molecular flexibility index (Phi) is 6.16. The molecule has 0 bridgehead atoms. The molecule has 1 amide bonds. The number of nitrogens with one attached hydrogen (secondary N) is 1. The molecule has 5 nitrogen and oxygen atoms in total. The third-order valence-corrected chi connectivity index (χ3v) is 5.96. The van der Waals surface area contributed by atoms with Gasteiger partial charge in [0, 0.05) is 17.0 Å². The Morgan fingerprint density at radius 3 is 2.77 bits per heavy atom. The highest BCUT2D eigenvalue weighted by Crippen LogP contribution is 2.30. The molecule has 1 atom stereocenters. The topological polar surface area (TPSA) is 67.8 Å². The Labute approximate surface area is 158 Å². The van der Waals surface area contributed by atoms with Crippen LogP contribution in [0.5, 0.6) is 11.5 Å². The second-order valence-corrected chi connectivity index (χ2v) is 7.59. The van der Waals surface area contributed by atoms with Gasteiger partial charge in [0.15, 0.2) is 0 Å². The Balaban J connectivity index is 1.66. The van der Waals surface area contributed by atoms with Crippen molar-refractivity contribution in [3.63, 3.8) is 0 Å². The van der Waals surface area contributed by atoms with Gasteiger partial charge < -0.3 is 19.9 Å². The highest BCUT2D eigenvalue weighted by atomic mass is 32.1. The molecule has 0 fully saturated rings. The maximum Gasteiger partial charge on any atom is 0.261 e. The van der Waals surface area contributed by atoms with Crippen LogP contribution in [0, 0.1) is 0 Å². The molecule has 0 saturated heterocycles. The van der Waals surface area contributed by atoms with E-state index in [4.69, 9.17) is 9.47 Å². The number of ether oxygens (including phenoxy) is 2. The molecule has 1 heterocycles. The van der Waals surface area contributed by atoms with Gasteiger partial charge in [-0.15, -0.1) is 11.3 Å². The number of rotatable bonds is 6. The van der Waals surface area contributed by atoms with E-state index in [2.05, 4.69) is 5.32 Å². The fraction of sp³-hybridized carbons (Fsp3) is 0.450. The lowest BCUT2D eigenvalue weighted by Gasteiger charge is -2.16. The number of amides is 1. The number of hydrogen-bond donors (Lipinski definition) is 2. The minimum absolute atomic E-state index is 0.116. The number of thiophene rings is 1. The maximum absolute atomic E-state index is 12.5. The normalized spacial score (nSPS) is 14.9. The van der Waals surface area contributed by atoms with Crippen LogP contribution in [-0.4, -0.2) is 31.8 Å². The van der Waals surface area contributed by atoms with Crippen LogP contribution >= 0.6 is 11.3 Å². The first-order valence-electron chi connectivity index (χ1n) is 8.92. The highest BCUT2D eigenvalue weighted by Gasteiger charge is 2.19. The third-order valence-electron chi connectivity index (χ3n) is 4.72. The number of hydrogen-bond acceptors (Lipinski definition) is 5. The zero-order valence-corrected chi connectivity index (χ0v) is 16.0. The molecule has 1 unspecified atom stereocenters. The van der Waals surface area contributed by atoms with Crippen LogP contribution in [0.1, 0.15) is 51.0 Å². The molecular weight excluding hydrogens is 350 g/mol. The minimum atomic E-state index is -0.873. The first-order valence-corrected chi connectivity index (χ1v) is 9.73. The van der Waals surface area contributed by atoms with Gasteiger partial charge in [0.2, 0.25) is 0 Å². The smallest absolute Gasteiger partial charge is 0.261 e. The van der Waals surface area contributed by atoms with Crippen molar-refractivity contribution in [2.45, 2.75) is 38.2 Å². The van der Waals surface area contributed by atoms with Crippen LogP contribution < -0.4 is 14.8 Å². The van der Waals surface area contributed by atoms with Gasteiger partial charge >= 0.3 is 0 Å². The fourth-order valence-electron chi connectivity index (χ4n) is 3.27. The first-order chi connectivity index (χ1) is 12.6. The molecule has 1 aliphatic carbocycles. The van der Waals surface area contributed by atoms with Crippen molar-refractivity contribution >= 4 is 17.2 Å². The van der Waals surface area contributed by atoms with E-state index in [-0.39, 0.29) is 12.5 Å². The standard InChI is InChI=1S/C20H25NO4S/c1-24-14-8-9-17(25-2)15(11-14)16(22)12-21-20(23)19-10-13-6-4-3-5-7-18(13)26-19/h8-11,16,22H,3-7,12H2,1-2H3,(H,21,23). The summed E-state index contributed by atoms with van der Waals surface area (Å²) in [6.07, 6.45) is 4.90. The molecule has 0 radical (unpaired) electrons. The van der Waals surface area contributed by atoms with Crippen LogP contribution in [0.3, 0.4) is 0 Å². The molecule has 3 rings (SSSR count). The van der Waals surface area contributed by atoms with Crippen LogP contribution in [0.15, 0.2) is 24.3 Å². The van der Waals surface area contributed by atoms with Crippen LogP contribution in [0.2, 0.25) is 0 Å². The predicted octanol–water partition coefficient (Wildman–Crippen LogP) is 3.50. The monoisotopic (exact) mass is 375 g/mol. The van der Waals surface area contributed by atoms with Crippen molar-refractivity contribution in [3.8, 4) is 11.5 Å².